The van der Waals surface area contributed by atoms with E-state index in [9.17, 15) is 4.79 Å². The molecule has 0 spiro atoms. The Morgan fingerprint density at radius 3 is 2.74 bits per heavy atom. The Morgan fingerprint density at radius 1 is 1.15 bits per heavy atom. The summed E-state index contributed by atoms with van der Waals surface area (Å²) in [5, 5.41) is 0. The van der Waals surface area contributed by atoms with Gasteiger partial charge in [0.1, 0.15) is 5.82 Å². The summed E-state index contributed by atoms with van der Waals surface area (Å²) in [6.45, 7) is 5.84. The van der Waals surface area contributed by atoms with E-state index in [1.54, 1.807) is 10.8 Å². The maximum Gasteiger partial charge on any atom is 0.235 e. The SMILES string of the molecule is Cc1cccnc1C1CCCN1Cc1nccn1C(=O)C1CCN(C)CC1. The molecule has 2 fully saturated rings. The number of hydrogen-bond acceptors (Lipinski definition) is 5. The summed E-state index contributed by atoms with van der Waals surface area (Å²) < 4.78 is 1.80. The molecule has 6 heteroatoms. The molecule has 6 nitrogen and oxygen atoms in total. The third-order valence-corrected chi connectivity index (χ3v) is 6.10. The lowest BCUT2D eigenvalue weighted by Crippen LogP contribution is -2.36. The Balaban J connectivity index is 1.50. The Labute approximate surface area is 161 Å². The first-order valence-electron chi connectivity index (χ1n) is 10.0. The van der Waals surface area contributed by atoms with Crippen LogP contribution in [-0.2, 0) is 6.54 Å². The van der Waals surface area contributed by atoms with Gasteiger partial charge < -0.3 is 4.90 Å². The topological polar surface area (TPSA) is 54.3 Å². The van der Waals surface area contributed by atoms with Gasteiger partial charge in [0, 0.05) is 24.5 Å². The number of imidazole rings is 1. The predicted molar refractivity (Wildman–Crippen MR) is 104 cm³/mol. The highest BCUT2D eigenvalue weighted by molar-refractivity contribution is 5.82. The highest BCUT2D eigenvalue weighted by Gasteiger charge is 2.31. The van der Waals surface area contributed by atoms with Crippen LogP contribution in [0.25, 0.3) is 0 Å². The van der Waals surface area contributed by atoms with Gasteiger partial charge >= 0.3 is 0 Å². The Hall–Kier alpha value is -2.05. The number of likely N-dealkylation sites (tertiary alicyclic amines) is 2. The van der Waals surface area contributed by atoms with Crippen molar-refractivity contribution in [1.29, 1.82) is 0 Å². The summed E-state index contributed by atoms with van der Waals surface area (Å²) >= 11 is 0. The van der Waals surface area contributed by atoms with E-state index >= 15 is 0 Å². The quantitative estimate of drug-likeness (QED) is 0.832. The Morgan fingerprint density at radius 2 is 1.96 bits per heavy atom. The molecule has 0 aliphatic carbocycles. The Bertz CT molecular complexity index is 793. The molecule has 4 rings (SSSR count). The van der Waals surface area contributed by atoms with Crippen molar-refractivity contribution in [2.45, 2.75) is 45.2 Å². The summed E-state index contributed by atoms with van der Waals surface area (Å²) in [5.41, 5.74) is 2.40. The fourth-order valence-corrected chi connectivity index (χ4v) is 4.46. The van der Waals surface area contributed by atoms with E-state index in [4.69, 9.17) is 0 Å². The average molecular weight is 367 g/mol. The number of piperidine rings is 1. The lowest BCUT2D eigenvalue weighted by Gasteiger charge is -2.29. The zero-order valence-electron chi connectivity index (χ0n) is 16.3. The van der Waals surface area contributed by atoms with Crippen molar-refractivity contribution in [2.24, 2.45) is 5.92 Å². The number of carbonyl (C=O) groups excluding carboxylic acids is 1. The van der Waals surface area contributed by atoms with Gasteiger partial charge in [-0.15, -0.1) is 0 Å². The fourth-order valence-electron chi connectivity index (χ4n) is 4.46. The molecule has 0 bridgehead atoms. The molecule has 0 aromatic carbocycles. The average Bonchev–Trinajstić information content (AvgIpc) is 3.32. The second-order valence-corrected chi connectivity index (χ2v) is 7.96. The minimum atomic E-state index is 0.113. The number of aryl methyl sites for hydroxylation is 1. The standard InChI is InChI=1S/C21H29N5O/c1-16-5-3-9-23-20(16)18-6-4-11-25(18)15-19-22-10-14-26(19)21(27)17-7-12-24(2)13-8-17/h3,5,9-10,14,17-18H,4,6-8,11-13,15H2,1-2H3. The van der Waals surface area contributed by atoms with Gasteiger partial charge in [-0.25, -0.2) is 4.98 Å². The molecule has 0 saturated carbocycles. The number of nitrogens with zero attached hydrogens (tertiary/aromatic N) is 5. The lowest BCUT2D eigenvalue weighted by molar-refractivity contribution is 0.0760. The first-order valence-corrected chi connectivity index (χ1v) is 10.0. The minimum absolute atomic E-state index is 0.113. The number of aromatic nitrogens is 3. The van der Waals surface area contributed by atoms with Crippen LogP contribution >= 0.6 is 0 Å². The van der Waals surface area contributed by atoms with Crippen molar-refractivity contribution in [3.8, 4) is 0 Å². The first kappa shape index (κ1) is 18.3. The summed E-state index contributed by atoms with van der Waals surface area (Å²) in [6.07, 6.45) is 9.63. The van der Waals surface area contributed by atoms with Gasteiger partial charge in [0.25, 0.3) is 0 Å². The van der Waals surface area contributed by atoms with Crippen LogP contribution in [-0.4, -0.2) is 56.9 Å². The summed E-state index contributed by atoms with van der Waals surface area (Å²) in [7, 11) is 2.12. The largest absolute Gasteiger partial charge is 0.306 e. The molecule has 1 atom stereocenters. The van der Waals surface area contributed by atoms with Crippen LogP contribution in [0.15, 0.2) is 30.7 Å². The van der Waals surface area contributed by atoms with Crippen molar-refractivity contribution < 1.29 is 4.79 Å². The molecule has 1 unspecified atom stereocenters. The minimum Gasteiger partial charge on any atom is -0.306 e. The number of carbonyl (C=O) groups is 1. The molecule has 0 N–H and O–H groups in total. The van der Waals surface area contributed by atoms with Crippen molar-refractivity contribution in [3.05, 3.63) is 47.8 Å². The molecule has 2 saturated heterocycles. The maximum atomic E-state index is 13.0. The first-order chi connectivity index (χ1) is 13.1. The molecule has 144 valence electrons. The zero-order valence-corrected chi connectivity index (χ0v) is 16.3. The van der Waals surface area contributed by atoms with Crippen molar-refractivity contribution in [1.82, 2.24) is 24.3 Å². The lowest BCUT2D eigenvalue weighted by atomic mass is 9.96. The molecule has 27 heavy (non-hydrogen) atoms. The maximum absolute atomic E-state index is 13.0. The molecular weight excluding hydrogens is 338 g/mol. The third-order valence-electron chi connectivity index (χ3n) is 6.10. The number of hydrogen-bond donors (Lipinski definition) is 0. The number of pyridine rings is 1. The van der Waals surface area contributed by atoms with Gasteiger partial charge in [-0.05, 0) is 70.9 Å². The van der Waals surface area contributed by atoms with Crippen molar-refractivity contribution in [3.63, 3.8) is 0 Å². The molecule has 2 aliphatic rings. The van der Waals surface area contributed by atoms with Crippen LogP contribution in [0.4, 0.5) is 0 Å². The van der Waals surface area contributed by atoms with Crippen LogP contribution in [0, 0.1) is 12.8 Å². The summed E-state index contributed by atoms with van der Waals surface area (Å²) in [5.74, 6) is 1.18. The fraction of sp³-hybridized carbons (Fsp3) is 0.571. The molecule has 2 aromatic rings. The smallest absolute Gasteiger partial charge is 0.235 e. The second kappa shape index (κ2) is 7.90. The monoisotopic (exact) mass is 367 g/mol. The highest BCUT2D eigenvalue weighted by Crippen LogP contribution is 2.33. The van der Waals surface area contributed by atoms with E-state index in [2.05, 4.69) is 39.8 Å². The van der Waals surface area contributed by atoms with E-state index in [0.717, 1.165) is 56.8 Å². The van der Waals surface area contributed by atoms with Crippen LogP contribution in [0.2, 0.25) is 0 Å². The summed E-state index contributed by atoms with van der Waals surface area (Å²) in [6, 6.07) is 4.43. The normalized spacial score (nSPS) is 22.4. The summed E-state index contributed by atoms with van der Waals surface area (Å²) in [4.78, 5) is 26.9. The molecule has 2 aliphatic heterocycles. The van der Waals surface area contributed by atoms with Gasteiger partial charge in [-0.3, -0.25) is 19.2 Å². The molecular formula is C21H29N5O. The molecule has 0 amide bonds. The highest BCUT2D eigenvalue weighted by atomic mass is 16.2. The van der Waals surface area contributed by atoms with E-state index in [1.165, 1.54) is 5.56 Å². The van der Waals surface area contributed by atoms with Gasteiger partial charge in [0.05, 0.1) is 18.3 Å². The molecule has 2 aromatic heterocycles. The van der Waals surface area contributed by atoms with Gasteiger partial charge in [0.15, 0.2) is 0 Å². The van der Waals surface area contributed by atoms with E-state index in [0.29, 0.717) is 12.6 Å². The predicted octanol–water partition coefficient (Wildman–Crippen LogP) is 2.91. The van der Waals surface area contributed by atoms with E-state index < -0.39 is 0 Å². The van der Waals surface area contributed by atoms with Crippen molar-refractivity contribution in [2.75, 3.05) is 26.7 Å². The van der Waals surface area contributed by atoms with Gasteiger partial charge in [-0.1, -0.05) is 6.07 Å². The van der Waals surface area contributed by atoms with Crippen molar-refractivity contribution >= 4 is 5.91 Å². The van der Waals surface area contributed by atoms with E-state index in [1.807, 2.05) is 18.5 Å². The van der Waals surface area contributed by atoms with Crippen LogP contribution in [0.5, 0.6) is 0 Å². The van der Waals surface area contributed by atoms with Crippen LogP contribution < -0.4 is 0 Å². The van der Waals surface area contributed by atoms with Gasteiger partial charge in [0.2, 0.25) is 5.91 Å². The Kier molecular flexibility index (Phi) is 5.36. The number of rotatable bonds is 4. The van der Waals surface area contributed by atoms with Crippen LogP contribution in [0.3, 0.4) is 0 Å². The molecule has 4 heterocycles. The van der Waals surface area contributed by atoms with E-state index in [-0.39, 0.29) is 11.8 Å². The third kappa shape index (κ3) is 3.82. The second-order valence-electron chi connectivity index (χ2n) is 7.96. The molecule has 0 radical (unpaired) electrons. The van der Waals surface area contributed by atoms with Gasteiger partial charge in [-0.2, -0.15) is 0 Å². The zero-order chi connectivity index (χ0) is 18.8. The van der Waals surface area contributed by atoms with Crippen LogP contribution in [0.1, 0.15) is 53.6 Å².